The topological polar surface area (TPSA) is 113 Å². The number of hydrogen-bond donors (Lipinski definition) is 1. The minimum atomic E-state index is -0.532. The Kier molecular flexibility index (Phi) is 5.70. The van der Waals surface area contributed by atoms with E-state index >= 15 is 0 Å². The Balaban J connectivity index is 1.37. The SMILES string of the molecule is CN(C)C1COC2(CCN(c3ncc4c5c(c(-c6ncc(F)c7sc(N)c(C#N)c67)c(Cl)c4n3)COC5)C2)C1. The van der Waals surface area contributed by atoms with E-state index < -0.39 is 5.82 Å². The number of fused-ring (bicyclic) bond motifs is 4. The molecule has 2 N–H and O–H groups in total. The number of nitrogens with zero attached hydrogens (tertiary/aromatic N) is 6. The van der Waals surface area contributed by atoms with Crippen molar-refractivity contribution in [3.05, 3.63) is 39.9 Å². The third-order valence-electron chi connectivity index (χ3n) is 8.25. The lowest BCUT2D eigenvalue weighted by molar-refractivity contribution is 0.0211. The zero-order valence-corrected chi connectivity index (χ0v) is 23.0. The molecule has 2 fully saturated rings. The van der Waals surface area contributed by atoms with Crippen molar-refractivity contribution in [3.8, 4) is 17.3 Å². The number of likely N-dealkylation sites (N-methyl/N-ethyl adjacent to an activating group) is 1. The molecule has 3 aliphatic rings. The van der Waals surface area contributed by atoms with E-state index in [0.717, 1.165) is 60.0 Å². The van der Waals surface area contributed by atoms with Gasteiger partial charge in [0.25, 0.3) is 0 Å². The fourth-order valence-electron chi connectivity index (χ4n) is 6.14. The van der Waals surface area contributed by atoms with Crippen molar-refractivity contribution in [1.29, 1.82) is 5.26 Å². The molecule has 1 aromatic carbocycles. The molecule has 200 valence electrons. The van der Waals surface area contributed by atoms with E-state index in [4.69, 9.17) is 36.8 Å². The van der Waals surface area contributed by atoms with Gasteiger partial charge in [0.15, 0.2) is 5.82 Å². The van der Waals surface area contributed by atoms with Crippen LogP contribution in [-0.2, 0) is 22.7 Å². The van der Waals surface area contributed by atoms with Crippen LogP contribution in [0.5, 0.6) is 0 Å². The highest BCUT2D eigenvalue weighted by Gasteiger charge is 2.46. The number of nitrogen functional groups attached to an aromatic ring is 1. The number of thiophene rings is 1. The summed E-state index contributed by atoms with van der Waals surface area (Å²) in [6.07, 6.45) is 4.83. The summed E-state index contributed by atoms with van der Waals surface area (Å²) in [6.45, 7) is 2.89. The van der Waals surface area contributed by atoms with Crippen molar-refractivity contribution in [1.82, 2.24) is 19.9 Å². The van der Waals surface area contributed by atoms with Gasteiger partial charge in [-0.2, -0.15) is 5.26 Å². The van der Waals surface area contributed by atoms with Gasteiger partial charge in [-0.15, -0.1) is 11.3 Å². The van der Waals surface area contributed by atoms with Crippen molar-refractivity contribution in [2.45, 2.75) is 37.7 Å². The summed E-state index contributed by atoms with van der Waals surface area (Å²) >= 11 is 8.15. The van der Waals surface area contributed by atoms with Gasteiger partial charge in [-0.1, -0.05) is 11.6 Å². The second kappa shape index (κ2) is 8.94. The van der Waals surface area contributed by atoms with Gasteiger partial charge in [0.2, 0.25) is 5.95 Å². The van der Waals surface area contributed by atoms with Crippen LogP contribution in [0.2, 0.25) is 5.02 Å². The summed E-state index contributed by atoms with van der Waals surface area (Å²) in [4.78, 5) is 18.5. The van der Waals surface area contributed by atoms with Gasteiger partial charge in [-0.25, -0.2) is 14.4 Å². The number of rotatable bonds is 3. The molecule has 0 radical (unpaired) electrons. The molecule has 0 bridgehead atoms. The Hall–Kier alpha value is -3.14. The Bertz CT molecular complexity index is 1720. The van der Waals surface area contributed by atoms with Crippen LogP contribution in [0.25, 0.3) is 32.2 Å². The molecule has 12 heteroatoms. The molecule has 9 nitrogen and oxygen atoms in total. The first-order chi connectivity index (χ1) is 18.8. The van der Waals surface area contributed by atoms with Gasteiger partial charge >= 0.3 is 0 Å². The number of nitriles is 1. The van der Waals surface area contributed by atoms with Gasteiger partial charge in [-0.3, -0.25) is 4.98 Å². The first-order valence-corrected chi connectivity index (χ1v) is 13.9. The Labute approximate surface area is 232 Å². The number of halogens is 2. The lowest BCUT2D eigenvalue weighted by Crippen LogP contribution is -2.35. The second-order valence-corrected chi connectivity index (χ2v) is 12.1. The van der Waals surface area contributed by atoms with E-state index in [9.17, 15) is 9.65 Å². The normalized spacial score (nSPS) is 22.6. The van der Waals surface area contributed by atoms with Gasteiger partial charge in [-0.05, 0) is 38.1 Å². The Morgan fingerprint density at radius 3 is 2.87 bits per heavy atom. The van der Waals surface area contributed by atoms with Crippen molar-refractivity contribution in [3.63, 3.8) is 0 Å². The molecule has 0 amide bonds. The third kappa shape index (κ3) is 3.70. The molecule has 1 spiro atoms. The number of anilines is 2. The van der Waals surface area contributed by atoms with Crippen LogP contribution in [0.15, 0.2) is 12.4 Å². The lowest BCUT2D eigenvalue weighted by Gasteiger charge is -2.24. The largest absolute Gasteiger partial charge is 0.389 e. The van der Waals surface area contributed by atoms with Crippen LogP contribution in [0, 0.1) is 17.1 Å². The molecule has 3 aromatic heterocycles. The van der Waals surface area contributed by atoms with Crippen LogP contribution in [0.3, 0.4) is 0 Å². The van der Waals surface area contributed by atoms with Crippen molar-refractivity contribution < 1.29 is 13.9 Å². The van der Waals surface area contributed by atoms with Crippen LogP contribution in [0.4, 0.5) is 15.3 Å². The van der Waals surface area contributed by atoms with Crippen LogP contribution in [0.1, 0.15) is 29.5 Å². The first-order valence-electron chi connectivity index (χ1n) is 12.7. The predicted octanol–water partition coefficient (Wildman–Crippen LogP) is 4.48. The summed E-state index contributed by atoms with van der Waals surface area (Å²) in [7, 11) is 4.17. The van der Waals surface area contributed by atoms with E-state index in [-0.39, 0.29) is 20.9 Å². The smallest absolute Gasteiger partial charge is 0.226 e. The zero-order chi connectivity index (χ0) is 27.1. The van der Waals surface area contributed by atoms with Crippen molar-refractivity contribution in [2.24, 2.45) is 0 Å². The third-order valence-corrected chi connectivity index (χ3v) is 9.65. The maximum absolute atomic E-state index is 14.7. The average Bonchev–Trinajstić information content (AvgIpc) is 3.72. The quantitative estimate of drug-likeness (QED) is 0.384. The molecule has 2 saturated heterocycles. The highest BCUT2D eigenvalue weighted by molar-refractivity contribution is 7.23. The molecule has 2 atom stereocenters. The van der Waals surface area contributed by atoms with E-state index in [1.165, 1.54) is 0 Å². The lowest BCUT2D eigenvalue weighted by atomic mass is 9.94. The molecule has 39 heavy (non-hydrogen) atoms. The molecule has 7 rings (SSSR count). The predicted molar refractivity (Wildman–Crippen MR) is 148 cm³/mol. The van der Waals surface area contributed by atoms with E-state index in [1.54, 1.807) is 6.20 Å². The minimum Gasteiger partial charge on any atom is -0.389 e. The summed E-state index contributed by atoms with van der Waals surface area (Å²) in [5, 5.41) is 11.6. The Morgan fingerprint density at radius 2 is 2.10 bits per heavy atom. The van der Waals surface area contributed by atoms with Crippen LogP contribution < -0.4 is 10.6 Å². The zero-order valence-electron chi connectivity index (χ0n) is 21.4. The molecule has 2 unspecified atom stereocenters. The fraction of sp³-hybridized carbons (Fsp3) is 0.407. The van der Waals surface area contributed by atoms with Crippen LogP contribution in [-0.4, -0.2) is 65.3 Å². The van der Waals surface area contributed by atoms with Gasteiger partial charge < -0.3 is 25.0 Å². The summed E-state index contributed by atoms with van der Waals surface area (Å²) in [6, 6.07) is 2.51. The molecular weight excluding hydrogens is 541 g/mol. The highest BCUT2D eigenvalue weighted by atomic mass is 35.5. The molecule has 0 saturated carbocycles. The number of benzene rings is 1. The van der Waals surface area contributed by atoms with E-state index in [1.807, 2.05) is 0 Å². The molecule has 6 heterocycles. The number of nitrogens with two attached hydrogens (primary N) is 1. The first kappa shape index (κ1) is 24.9. The summed E-state index contributed by atoms with van der Waals surface area (Å²) in [5.74, 6) is 0.0488. The Morgan fingerprint density at radius 1 is 1.28 bits per heavy atom. The number of aromatic nitrogens is 3. The maximum Gasteiger partial charge on any atom is 0.226 e. The molecule has 3 aliphatic heterocycles. The van der Waals surface area contributed by atoms with Gasteiger partial charge in [0.1, 0.15) is 11.1 Å². The highest BCUT2D eigenvalue weighted by Crippen LogP contribution is 2.47. The second-order valence-electron chi connectivity index (χ2n) is 10.7. The summed E-state index contributed by atoms with van der Waals surface area (Å²) in [5.41, 5.74) is 9.40. The minimum absolute atomic E-state index is 0.194. The molecule has 4 aromatic rings. The monoisotopic (exact) mass is 565 g/mol. The van der Waals surface area contributed by atoms with Crippen molar-refractivity contribution in [2.75, 3.05) is 44.4 Å². The van der Waals surface area contributed by atoms with Gasteiger partial charge in [0, 0.05) is 41.7 Å². The van der Waals surface area contributed by atoms with Crippen molar-refractivity contribution >= 4 is 54.9 Å². The van der Waals surface area contributed by atoms with E-state index in [2.05, 4.69) is 34.9 Å². The standard InChI is InChI=1S/C27H25ClFN7O2S/c1-35(2)13-5-27(38-9-13)3-4-36(12-27)26-33-7-15-16-10-37-11-17(16)19(21(28)22(15)34-26)23-20-14(6-30)25(31)39-24(20)18(29)8-32-23/h7-8,13H,3-5,9-12,31H2,1-2H3. The van der Waals surface area contributed by atoms with Crippen LogP contribution >= 0.6 is 22.9 Å². The number of pyridine rings is 1. The summed E-state index contributed by atoms with van der Waals surface area (Å²) < 4.78 is 27.1. The maximum atomic E-state index is 14.7. The van der Waals surface area contributed by atoms with Gasteiger partial charge in [0.05, 0.1) is 58.1 Å². The number of ether oxygens (including phenoxy) is 2. The molecular formula is C27H25ClFN7O2S. The molecule has 0 aliphatic carbocycles. The number of hydrogen-bond acceptors (Lipinski definition) is 10. The van der Waals surface area contributed by atoms with E-state index in [0.29, 0.717) is 58.9 Å². The fourth-order valence-corrected chi connectivity index (χ4v) is 7.41. The average molecular weight is 566 g/mol.